The second-order valence-corrected chi connectivity index (χ2v) is 3.63. The number of aromatic nitrogens is 1. The molecule has 1 N–H and O–H groups in total. The number of ether oxygens (including phenoxy) is 1. The van der Waals surface area contributed by atoms with Crippen LogP contribution in [0, 0.1) is 0 Å². The van der Waals surface area contributed by atoms with Crippen molar-refractivity contribution in [2.45, 2.75) is 31.9 Å². The molecular weight excluding hydrogens is 223 g/mol. The van der Waals surface area contributed by atoms with Gasteiger partial charge in [-0.25, -0.2) is 0 Å². The molecule has 1 aromatic heterocycles. The van der Waals surface area contributed by atoms with Gasteiger partial charge in [0.2, 0.25) is 0 Å². The summed E-state index contributed by atoms with van der Waals surface area (Å²) in [6.45, 7) is 2.25. The van der Waals surface area contributed by atoms with Crippen molar-refractivity contribution >= 4 is 0 Å². The van der Waals surface area contributed by atoms with Crippen LogP contribution in [0.2, 0.25) is 0 Å². The molecule has 0 saturated heterocycles. The van der Waals surface area contributed by atoms with Gasteiger partial charge in [-0.3, -0.25) is 0 Å². The number of aliphatic hydroxyl groups excluding tert-OH is 1. The lowest BCUT2D eigenvalue weighted by Gasteiger charge is -2.13. The van der Waals surface area contributed by atoms with Crippen LogP contribution in [-0.2, 0) is 11.3 Å². The highest BCUT2D eigenvalue weighted by atomic mass is 19.4. The zero-order chi connectivity index (χ0) is 12.3. The Morgan fingerprint density at radius 2 is 2.12 bits per heavy atom. The minimum atomic E-state index is -4.63. The second-order valence-electron chi connectivity index (χ2n) is 3.63. The average molecular weight is 237 g/mol. The Morgan fingerprint density at radius 3 is 2.62 bits per heavy atom. The summed E-state index contributed by atoms with van der Waals surface area (Å²) in [5.41, 5.74) is -0.157. The number of aliphatic hydroxyl groups is 1. The van der Waals surface area contributed by atoms with Crippen LogP contribution in [0.15, 0.2) is 18.5 Å². The molecule has 1 aromatic rings. The van der Waals surface area contributed by atoms with E-state index in [1.165, 1.54) is 25.6 Å². The van der Waals surface area contributed by atoms with Gasteiger partial charge in [-0.15, -0.1) is 0 Å². The maximum atomic E-state index is 12.2. The Kier molecular flexibility index (Phi) is 3.98. The molecule has 0 bridgehead atoms. The van der Waals surface area contributed by atoms with E-state index in [0.29, 0.717) is 6.54 Å². The Labute approximate surface area is 91.4 Å². The van der Waals surface area contributed by atoms with E-state index in [1.807, 2.05) is 0 Å². The van der Waals surface area contributed by atoms with E-state index in [1.54, 1.807) is 11.5 Å². The minimum Gasteiger partial charge on any atom is -0.380 e. The molecule has 0 amide bonds. The van der Waals surface area contributed by atoms with Gasteiger partial charge >= 0.3 is 6.18 Å². The van der Waals surface area contributed by atoms with E-state index in [2.05, 4.69) is 0 Å². The van der Waals surface area contributed by atoms with Crippen LogP contribution in [0.1, 0.15) is 18.6 Å². The molecule has 0 aliphatic rings. The molecule has 2 atom stereocenters. The molecule has 0 aliphatic heterocycles. The maximum Gasteiger partial charge on any atom is 0.418 e. The van der Waals surface area contributed by atoms with Gasteiger partial charge in [0.25, 0.3) is 0 Å². The quantitative estimate of drug-likeness (QED) is 0.870. The smallest absolute Gasteiger partial charge is 0.380 e. The molecule has 0 radical (unpaired) electrons. The molecule has 92 valence electrons. The normalized spacial score (nSPS) is 16.1. The first-order valence-corrected chi connectivity index (χ1v) is 4.78. The number of halogens is 3. The Hall–Kier alpha value is -1.01. The van der Waals surface area contributed by atoms with Crippen molar-refractivity contribution in [1.29, 1.82) is 0 Å². The van der Waals surface area contributed by atoms with Gasteiger partial charge < -0.3 is 14.4 Å². The topological polar surface area (TPSA) is 34.4 Å². The van der Waals surface area contributed by atoms with Crippen LogP contribution in [0.5, 0.6) is 0 Å². The number of hydrogen-bond donors (Lipinski definition) is 1. The molecule has 3 nitrogen and oxygen atoms in total. The van der Waals surface area contributed by atoms with Gasteiger partial charge in [-0.2, -0.15) is 13.2 Å². The van der Waals surface area contributed by atoms with Crippen LogP contribution in [0.25, 0.3) is 0 Å². The predicted molar refractivity (Wildman–Crippen MR) is 51.9 cm³/mol. The van der Waals surface area contributed by atoms with E-state index in [9.17, 15) is 13.2 Å². The van der Waals surface area contributed by atoms with Crippen molar-refractivity contribution in [2.24, 2.45) is 0 Å². The third kappa shape index (κ3) is 3.24. The van der Waals surface area contributed by atoms with Crippen molar-refractivity contribution in [3.05, 3.63) is 24.0 Å². The van der Waals surface area contributed by atoms with Crippen molar-refractivity contribution in [3.63, 3.8) is 0 Å². The fourth-order valence-electron chi connectivity index (χ4n) is 1.30. The number of methoxy groups -OCH3 is 1. The lowest BCUT2D eigenvalue weighted by molar-refractivity contribution is -0.206. The summed E-state index contributed by atoms with van der Waals surface area (Å²) >= 11 is 0. The lowest BCUT2D eigenvalue weighted by atomic mass is 10.2. The molecule has 0 fully saturated rings. The Morgan fingerprint density at radius 1 is 1.50 bits per heavy atom. The van der Waals surface area contributed by atoms with Gasteiger partial charge in [0.15, 0.2) is 6.10 Å². The van der Waals surface area contributed by atoms with Crippen molar-refractivity contribution in [1.82, 2.24) is 4.57 Å². The van der Waals surface area contributed by atoms with E-state index in [0.717, 1.165) is 0 Å². The van der Waals surface area contributed by atoms with E-state index in [-0.39, 0.29) is 11.7 Å². The summed E-state index contributed by atoms with van der Waals surface area (Å²) < 4.78 is 43.1. The molecule has 0 aliphatic carbocycles. The summed E-state index contributed by atoms with van der Waals surface area (Å²) in [5, 5.41) is 8.99. The fourth-order valence-corrected chi connectivity index (χ4v) is 1.30. The molecule has 1 heterocycles. The molecule has 2 unspecified atom stereocenters. The molecule has 0 spiro atoms. The maximum absolute atomic E-state index is 12.2. The second kappa shape index (κ2) is 4.88. The first kappa shape index (κ1) is 13.1. The SMILES string of the molecule is COC(C)Cn1ccc(C(O)C(F)(F)F)c1. The van der Waals surface area contributed by atoms with Gasteiger partial charge in [-0.1, -0.05) is 0 Å². The summed E-state index contributed by atoms with van der Waals surface area (Å²) in [4.78, 5) is 0. The number of rotatable bonds is 4. The number of nitrogens with zero attached hydrogens (tertiary/aromatic N) is 1. The lowest BCUT2D eigenvalue weighted by Crippen LogP contribution is -2.20. The van der Waals surface area contributed by atoms with Crippen LogP contribution >= 0.6 is 0 Å². The average Bonchev–Trinajstić information content (AvgIpc) is 2.63. The molecule has 0 saturated carbocycles. The first-order valence-electron chi connectivity index (χ1n) is 4.78. The fraction of sp³-hybridized carbons (Fsp3) is 0.600. The summed E-state index contributed by atoms with van der Waals surface area (Å²) in [7, 11) is 1.53. The highest BCUT2D eigenvalue weighted by molar-refractivity contribution is 5.15. The monoisotopic (exact) mass is 237 g/mol. The van der Waals surface area contributed by atoms with Crippen LogP contribution in [0.4, 0.5) is 13.2 Å². The first-order chi connectivity index (χ1) is 7.34. The summed E-state index contributed by atoms with van der Waals surface area (Å²) in [6, 6.07) is 1.25. The van der Waals surface area contributed by atoms with Crippen LogP contribution < -0.4 is 0 Å². The predicted octanol–water partition coefficient (Wildman–Crippen LogP) is 2.12. The summed E-state index contributed by atoms with van der Waals surface area (Å²) in [5.74, 6) is 0. The number of alkyl halides is 3. The van der Waals surface area contributed by atoms with Crippen molar-refractivity contribution in [2.75, 3.05) is 7.11 Å². The van der Waals surface area contributed by atoms with E-state index >= 15 is 0 Å². The Bertz CT molecular complexity index is 335. The van der Waals surface area contributed by atoms with Crippen LogP contribution in [-0.4, -0.2) is 29.1 Å². The standard InChI is InChI=1S/C10H14F3NO2/c1-7(16-2)5-14-4-3-8(6-14)9(15)10(11,12)13/h3-4,6-7,9,15H,5H2,1-2H3. The van der Waals surface area contributed by atoms with E-state index in [4.69, 9.17) is 9.84 Å². The highest BCUT2D eigenvalue weighted by Crippen LogP contribution is 2.32. The van der Waals surface area contributed by atoms with Gasteiger partial charge in [0.1, 0.15) is 0 Å². The van der Waals surface area contributed by atoms with Gasteiger partial charge in [0, 0.05) is 31.6 Å². The highest BCUT2D eigenvalue weighted by Gasteiger charge is 2.39. The third-order valence-electron chi connectivity index (χ3n) is 2.27. The van der Waals surface area contributed by atoms with Crippen molar-refractivity contribution in [3.8, 4) is 0 Å². The summed E-state index contributed by atoms with van der Waals surface area (Å²) in [6.07, 6.45) is -4.39. The van der Waals surface area contributed by atoms with Crippen LogP contribution in [0.3, 0.4) is 0 Å². The zero-order valence-corrected chi connectivity index (χ0v) is 9.03. The molecular formula is C10H14F3NO2. The van der Waals surface area contributed by atoms with Gasteiger partial charge in [-0.05, 0) is 13.0 Å². The molecule has 1 rings (SSSR count). The Balaban J connectivity index is 2.71. The molecule has 16 heavy (non-hydrogen) atoms. The minimum absolute atomic E-state index is 0.0942. The largest absolute Gasteiger partial charge is 0.418 e. The third-order valence-corrected chi connectivity index (χ3v) is 2.27. The van der Waals surface area contributed by atoms with Gasteiger partial charge in [0.05, 0.1) is 6.10 Å². The molecule has 0 aromatic carbocycles. The van der Waals surface area contributed by atoms with E-state index < -0.39 is 12.3 Å². The zero-order valence-electron chi connectivity index (χ0n) is 9.03. The molecule has 6 heteroatoms. The van der Waals surface area contributed by atoms with Crippen molar-refractivity contribution < 1.29 is 23.0 Å². The number of hydrogen-bond acceptors (Lipinski definition) is 2.